The van der Waals surface area contributed by atoms with Crippen molar-refractivity contribution in [3.63, 3.8) is 0 Å². The Morgan fingerprint density at radius 1 is 1.28 bits per heavy atom. The third kappa shape index (κ3) is 5.48. The molecule has 0 radical (unpaired) electrons. The first-order valence-electron chi connectivity index (χ1n) is 10.1. The molecule has 2 fully saturated rings. The van der Waals surface area contributed by atoms with Gasteiger partial charge in [-0.25, -0.2) is 8.42 Å². The zero-order valence-electron chi connectivity index (χ0n) is 17.2. The lowest BCUT2D eigenvalue weighted by Crippen LogP contribution is -2.47. The normalized spacial score (nSPS) is 21.7. The maximum atomic E-state index is 13.2. The highest BCUT2D eigenvalue weighted by Crippen LogP contribution is 2.30. The van der Waals surface area contributed by atoms with Crippen LogP contribution in [0.25, 0.3) is 0 Å². The Kier molecular flexibility index (Phi) is 7.50. The van der Waals surface area contributed by atoms with Crippen molar-refractivity contribution < 1.29 is 22.7 Å². The maximum absolute atomic E-state index is 13.2. The third-order valence-corrected chi connectivity index (χ3v) is 7.41. The van der Waals surface area contributed by atoms with Crippen LogP contribution >= 0.6 is 0 Å². The summed E-state index contributed by atoms with van der Waals surface area (Å²) in [4.78, 5) is 15.0. The van der Waals surface area contributed by atoms with E-state index in [0.29, 0.717) is 31.7 Å². The number of aryl methyl sites for hydroxylation is 1. The van der Waals surface area contributed by atoms with Gasteiger partial charge in [0.25, 0.3) is 0 Å². The van der Waals surface area contributed by atoms with Crippen molar-refractivity contribution in [2.75, 3.05) is 59.6 Å². The number of amides is 1. The predicted molar refractivity (Wildman–Crippen MR) is 109 cm³/mol. The van der Waals surface area contributed by atoms with Gasteiger partial charge in [0.15, 0.2) is 0 Å². The number of hydrogen-bond acceptors (Lipinski definition) is 6. The maximum Gasteiger partial charge on any atom is 0.246 e. The number of rotatable bonds is 7. The van der Waals surface area contributed by atoms with Gasteiger partial charge in [0.05, 0.1) is 26.2 Å². The summed E-state index contributed by atoms with van der Waals surface area (Å²) in [5.41, 5.74) is 0.846. The number of carbonyl (C=O) groups excluding carboxylic acids is 1. The molecule has 1 aromatic rings. The molecule has 0 unspecified atom stereocenters. The van der Waals surface area contributed by atoms with Gasteiger partial charge in [-0.1, -0.05) is 6.07 Å². The van der Waals surface area contributed by atoms with Crippen LogP contribution in [0.1, 0.15) is 18.4 Å². The topological polar surface area (TPSA) is 88.2 Å². The molecule has 2 heterocycles. The molecule has 1 aromatic carbocycles. The van der Waals surface area contributed by atoms with Crippen LogP contribution in [0.3, 0.4) is 0 Å². The number of nitrogens with one attached hydrogen (secondary N) is 1. The fourth-order valence-corrected chi connectivity index (χ4v) is 5.57. The van der Waals surface area contributed by atoms with E-state index in [4.69, 9.17) is 9.47 Å². The second-order valence-corrected chi connectivity index (χ2v) is 9.51. The molecule has 2 aliphatic rings. The molecule has 162 valence electrons. The molecule has 0 bridgehead atoms. The summed E-state index contributed by atoms with van der Waals surface area (Å²) in [5, 5.41) is 2.98. The number of benzene rings is 1. The number of nitrogens with zero attached hydrogens (tertiary/aromatic N) is 2. The van der Waals surface area contributed by atoms with Crippen LogP contribution in [0.15, 0.2) is 23.1 Å². The van der Waals surface area contributed by atoms with Crippen LogP contribution in [-0.2, 0) is 19.6 Å². The Morgan fingerprint density at radius 2 is 2.03 bits per heavy atom. The first-order valence-corrected chi connectivity index (χ1v) is 11.6. The largest absolute Gasteiger partial charge is 0.495 e. The van der Waals surface area contributed by atoms with E-state index in [1.165, 1.54) is 11.4 Å². The Balaban J connectivity index is 1.60. The smallest absolute Gasteiger partial charge is 0.246 e. The van der Waals surface area contributed by atoms with Gasteiger partial charge in [-0.05, 0) is 37.5 Å². The van der Waals surface area contributed by atoms with Gasteiger partial charge in [0.1, 0.15) is 10.6 Å². The summed E-state index contributed by atoms with van der Waals surface area (Å²) in [6.45, 7) is 7.02. The highest BCUT2D eigenvalue weighted by Gasteiger charge is 2.34. The third-order valence-electron chi connectivity index (χ3n) is 5.52. The van der Waals surface area contributed by atoms with Crippen LogP contribution in [-0.4, -0.2) is 83.1 Å². The molecular weight excluding hydrogens is 394 g/mol. The molecule has 0 aliphatic carbocycles. The number of piperidine rings is 1. The van der Waals surface area contributed by atoms with E-state index < -0.39 is 10.0 Å². The molecule has 1 N–H and O–H groups in total. The molecule has 0 saturated carbocycles. The molecule has 2 saturated heterocycles. The minimum absolute atomic E-state index is 0.0747. The number of ether oxygens (including phenoxy) is 2. The summed E-state index contributed by atoms with van der Waals surface area (Å²) >= 11 is 0. The van der Waals surface area contributed by atoms with Crippen LogP contribution in [0.4, 0.5) is 0 Å². The zero-order chi connectivity index (χ0) is 20.9. The lowest BCUT2D eigenvalue weighted by atomic mass is 9.99. The van der Waals surface area contributed by atoms with Gasteiger partial charge in [-0.2, -0.15) is 4.31 Å². The summed E-state index contributed by atoms with van der Waals surface area (Å²) in [7, 11) is -2.26. The monoisotopic (exact) mass is 425 g/mol. The second-order valence-electron chi connectivity index (χ2n) is 7.60. The van der Waals surface area contributed by atoms with E-state index in [0.717, 1.165) is 38.4 Å². The Morgan fingerprint density at radius 3 is 2.76 bits per heavy atom. The quantitative estimate of drug-likeness (QED) is 0.697. The van der Waals surface area contributed by atoms with Crippen molar-refractivity contribution in [3.8, 4) is 5.75 Å². The van der Waals surface area contributed by atoms with Gasteiger partial charge in [0, 0.05) is 39.3 Å². The minimum atomic E-state index is -3.73. The van der Waals surface area contributed by atoms with E-state index in [2.05, 4.69) is 10.2 Å². The first kappa shape index (κ1) is 22.0. The first-order chi connectivity index (χ1) is 13.9. The van der Waals surface area contributed by atoms with Crippen molar-refractivity contribution in [1.82, 2.24) is 14.5 Å². The van der Waals surface area contributed by atoms with E-state index in [9.17, 15) is 13.2 Å². The lowest BCUT2D eigenvalue weighted by molar-refractivity contribution is -0.126. The Bertz CT molecular complexity index is 808. The van der Waals surface area contributed by atoms with E-state index in [1.807, 2.05) is 13.0 Å². The zero-order valence-corrected chi connectivity index (χ0v) is 18.0. The number of methoxy groups -OCH3 is 1. The minimum Gasteiger partial charge on any atom is -0.495 e. The van der Waals surface area contributed by atoms with Crippen molar-refractivity contribution in [2.24, 2.45) is 5.92 Å². The van der Waals surface area contributed by atoms with Gasteiger partial charge in [-0.15, -0.1) is 0 Å². The standard InChI is InChI=1S/C20H31N3O5S/c1-16-5-6-18(27-2)19(14-16)29(25,26)23-8-3-4-17(15-23)20(24)21-7-9-22-10-12-28-13-11-22/h5-6,14,17H,3-4,7-13,15H2,1-2H3,(H,21,24)/t17-/m1/s1. The number of hydrogen-bond donors (Lipinski definition) is 1. The van der Waals surface area contributed by atoms with Gasteiger partial charge < -0.3 is 14.8 Å². The van der Waals surface area contributed by atoms with Gasteiger partial charge >= 0.3 is 0 Å². The Hall–Kier alpha value is -1.68. The highest BCUT2D eigenvalue weighted by atomic mass is 32.2. The second kappa shape index (κ2) is 9.88. The fourth-order valence-electron chi connectivity index (χ4n) is 3.81. The fraction of sp³-hybridized carbons (Fsp3) is 0.650. The van der Waals surface area contributed by atoms with E-state index in [-0.39, 0.29) is 23.3 Å². The molecular formula is C20H31N3O5S. The van der Waals surface area contributed by atoms with Gasteiger partial charge in [0.2, 0.25) is 15.9 Å². The van der Waals surface area contributed by atoms with Gasteiger partial charge in [-0.3, -0.25) is 9.69 Å². The average Bonchev–Trinajstić information content (AvgIpc) is 2.74. The molecule has 0 spiro atoms. The molecule has 9 heteroatoms. The summed E-state index contributed by atoms with van der Waals surface area (Å²) in [6.07, 6.45) is 1.36. The van der Waals surface area contributed by atoms with Crippen molar-refractivity contribution in [2.45, 2.75) is 24.7 Å². The molecule has 1 amide bonds. The molecule has 3 rings (SSSR count). The summed E-state index contributed by atoms with van der Waals surface area (Å²) in [5.74, 6) is -0.0823. The van der Waals surface area contributed by atoms with Crippen LogP contribution in [0, 0.1) is 12.8 Å². The molecule has 1 atom stereocenters. The Labute approximate surface area is 173 Å². The summed E-state index contributed by atoms with van der Waals surface area (Å²) < 4.78 is 38.4. The van der Waals surface area contributed by atoms with Crippen LogP contribution in [0.5, 0.6) is 5.75 Å². The van der Waals surface area contributed by atoms with Crippen LogP contribution in [0.2, 0.25) is 0 Å². The predicted octanol–water partition coefficient (Wildman–Crippen LogP) is 0.853. The number of carbonyl (C=O) groups is 1. The van der Waals surface area contributed by atoms with Crippen molar-refractivity contribution >= 4 is 15.9 Å². The number of morpholine rings is 1. The van der Waals surface area contributed by atoms with Crippen LogP contribution < -0.4 is 10.1 Å². The van der Waals surface area contributed by atoms with E-state index >= 15 is 0 Å². The average molecular weight is 426 g/mol. The SMILES string of the molecule is COc1ccc(C)cc1S(=O)(=O)N1CCC[C@@H](C(=O)NCCN2CCOCC2)C1. The number of sulfonamides is 1. The molecule has 0 aromatic heterocycles. The van der Waals surface area contributed by atoms with E-state index in [1.54, 1.807) is 12.1 Å². The van der Waals surface area contributed by atoms with Crippen molar-refractivity contribution in [1.29, 1.82) is 0 Å². The van der Waals surface area contributed by atoms with Crippen molar-refractivity contribution in [3.05, 3.63) is 23.8 Å². The molecule has 8 nitrogen and oxygen atoms in total. The summed E-state index contributed by atoms with van der Waals surface area (Å²) in [6, 6.07) is 5.11. The lowest BCUT2D eigenvalue weighted by Gasteiger charge is -2.32. The molecule has 2 aliphatic heterocycles. The molecule has 29 heavy (non-hydrogen) atoms. The highest BCUT2D eigenvalue weighted by molar-refractivity contribution is 7.89.